The number of carbonyl (C=O) groups is 2. The molecule has 0 bridgehead atoms. The molecule has 0 unspecified atom stereocenters. The van der Waals surface area contributed by atoms with Gasteiger partial charge in [-0.2, -0.15) is 0 Å². The van der Waals surface area contributed by atoms with Crippen molar-refractivity contribution in [3.8, 4) is 0 Å². The Morgan fingerprint density at radius 2 is 1.59 bits per heavy atom. The molecule has 29 heavy (non-hydrogen) atoms. The monoisotopic (exact) mass is 394 g/mol. The van der Waals surface area contributed by atoms with Crippen molar-refractivity contribution in [3.63, 3.8) is 0 Å². The van der Waals surface area contributed by atoms with Gasteiger partial charge in [0.2, 0.25) is 5.91 Å². The second kappa shape index (κ2) is 11.2. The summed E-state index contributed by atoms with van der Waals surface area (Å²) in [5.74, 6) is 0.0753. The Morgan fingerprint density at radius 1 is 0.931 bits per heavy atom. The maximum absolute atomic E-state index is 12.2. The highest BCUT2D eigenvalue weighted by molar-refractivity contribution is 5.89. The molecule has 154 valence electrons. The number of amides is 3. The van der Waals surface area contributed by atoms with E-state index >= 15 is 0 Å². The first-order chi connectivity index (χ1) is 14.2. The van der Waals surface area contributed by atoms with Crippen LogP contribution in [0.4, 0.5) is 10.5 Å². The van der Waals surface area contributed by atoms with E-state index in [1.54, 1.807) is 0 Å². The van der Waals surface area contributed by atoms with E-state index in [-0.39, 0.29) is 18.0 Å². The van der Waals surface area contributed by atoms with Crippen molar-refractivity contribution in [3.05, 3.63) is 66.2 Å². The van der Waals surface area contributed by atoms with Crippen molar-refractivity contribution in [2.24, 2.45) is 0 Å². The Labute approximate surface area is 172 Å². The zero-order valence-electron chi connectivity index (χ0n) is 16.8. The van der Waals surface area contributed by atoms with Gasteiger partial charge in [0.05, 0.1) is 6.54 Å². The van der Waals surface area contributed by atoms with E-state index in [0.29, 0.717) is 13.1 Å². The smallest absolute Gasteiger partial charge is 0.319 e. The zero-order chi connectivity index (χ0) is 20.3. The molecule has 6 nitrogen and oxygen atoms in total. The molecule has 2 aromatic rings. The molecule has 3 amide bonds. The fraction of sp³-hybridized carbons (Fsp3) is 0.391. The van der Waals surface area contributed by atoms with Gasteiger partial charge in [-0.3, -0.25) is 9.69 Å². The number of anilines is 1. The topological polar surface area (TPSA) is 73.5 Å². The molecule has 0 spiro atoms. The van der Waals surface area contributed by atoms with Gasteiger partial charge in [0.1, 0.15) is 0 Å². The zero-order valence-corrected chi connectivity index (χ0v) is 16.8. The fourth-order valence-corrected chi connectivity index (χ4v) is 3.53. The van der Waals surface area contributed by atoms with Gasteiger partial charge in [-0.25, -0.2) is 4.79 Å². The van der Waals surface area contributed by atoms with Crippen molar-refractivity contribution in [2.45, 2.75) is 31.7 Å². The number of rotatable bonds is 8. The summed E-state index contributed by atoms with van der Waals surface area (Å²) in [6.07, 6.45) is 3.62. The van der Waals surface area contributed by atoms with Gasteiger partial charge < -0.3 is 16.0 Å². The molecule has 3 rings (SSSR count). The first-order valence-electron chi connectivity index (χ1n) is 10.3. The number of urea groups is 1. The number of likely N-dealkylation sites (tertiary alicyclic amines) is 1. The van der Waals surface area contributed by atoms with Crippen LogP contribution in [0.2, 0.25) is 0 Å². The lowest BCUT2D eigenvalue weighted by Crippen LogP contribution is -2.48. The molecule has 1 heterocycles. The van der Waals surface area contributed by atoms with Gasteiger partial charge in [-0.05, 0) is 43.4 Å². The van der Waals surface area contributed by atoms with E-state index in [2.05, 4.69) is 33.0 Å². The van der Waals surface area contributed by atoms with E-state index in [0.717, 1.165) is 44.5 Å². The Morgan fingerprint density at radius 3 is 2.28 bits per heavy atom. The Hall–Kier alpha value is -2.86. The fourth-order valence-electron chi connectivity index (χ4n) is 3.53. The average Bonchev–Trinajstić information content (AvgIpc) is 2.74. The maximum atomic E-state index is 12.2. The molecule has 0 aromatic heterocycles. The predicted molar refractivity (Wildman–Crippen MR) is 116 cm³/mol. The number of aryl methyl sites for hydroxylation is 1. The molecular formula is C23H30N4O2. The summed E-state index contributed by atoms with van der Waals surface area (Å²) < 4.78 is 0. The van der Waals surface area contributed by atoms with Crippen LogP contribution in [0.3, 0.4) is 0 Å². The maximum Gasteiger partial charge on any atom is 0.319 e. The highest BCUT2D eigenvalue weighted by Crippen LogP contribution is 2.11. The van der Waals surface area contributed by atoms with Gasteiger partial charge in [0.25, 0.3) is 0 Å². The van der Waals surface area contributed by atoms with E-state index in [1.807, 2.05) is 48.5 Å². The SMILES string of the molecule is O=C(CN1CCC(NC(=O)Nc2ccccc2)CC1)NCCCc1ccccc1. The number of para-hydroxylation sites is 1. The van der Waals surface area contributed by atoms with E-state index in [1.165, 1.54) is 5.56 Å². The van der Waals surface area contributed by atoms with E-state index < -0.39 is 0 Å². The van der Waals surface area contributed by atoms with Gasteiger partial charge in [-0.1, -0.05) is 48.5 Å². The van der Waals surface area contributed by atoms with Crippen molar-refractivity contribution in [1.82, 2.24) is 15.5 Å². The molecule has 6 heteroatoms. The van der Waals surface area contributed by atoms with Gasteiger partial charge in [0, 0.05) is 31.4 Å². The molecule has 0 saturated carbocycles. The minimum atomic E-state index is -0.175. The third-order valence-electron chi connectivity index (χ3n) is 5.13. The van der Waals surface area contributed by atoms with Crippen LogP contribution >= 0.6 is 0 Å². The van der Waals surface area contributed by atoms with Crippen LogP contribution in [-0.2, 0) is 11.2 Å². The standard InChI is InChI=1S/C23H30N4O2/c28-22(24-15-7-10-19-8-3-1-4-9-19)18-27-16-13-21(14-17-27)26-23(29)25-20-11-5-2-6-12-20/h1-6,8-9,11-12,21H,7,10,13-18H2,(H,24,28)(H2,25,26,29). The van der Waals surface area contributed by atoms with Crippen molar-refractivity contribution in [1.29, 1.82) is 0 Å². The van der Waals surface area contributed by atoms with Crippen LogP contribution in [0.5, 0.6) is 0 Å². The normalized spacial score (nSPS) is 14.9. The molecule has 0 aliphatic carbocycles. The lowest BCUT2D eigenvalue weighted by Gasteiger charge is -2.31. The molecule has 1 fully saturated rings. The number of hydrogen-bond acceptors (Lipinski definition) is 3. The molecular weight excluding hydrogens is 364 g/mol. The summed E-state index contributed by atoms with van der Waals surface area (Å²) in [7, 11) is 0. The van der Waals surface area contributed by atoms with Gasteiger partial charge >= 0.3 is 6.03 Å². The molecule has 1 saturated heterocycles. The predicted octanol–water partition coefficient (Wildman–Crippen LogP) is 3.02. The largest absolute Gasteiger partial charge is 0.355 e. The highest BCUT2D eigenvalue weighted by atomic mass is 16.2. The van der Waals surface area contributed by atoms with Crippen molar-refractivity contribution in [2.75, 3.05) is 31.5 Å². The van der Waals surface area contributed by atoms with Crippen LogP contribution in [0, 0.1) is 0 Å². The van der Waals surface area contributed by atoms with Crippen molar-refractivity contribution >= 4 is 17.6 Å². The summed E-state index contributed by atoms with van der Waals surface area (Å²) in [6.45, 7) is 2.75. The van der Waals surface area contributed by atoms with Crippen LogP contribution < -0.4 is 16.0 Å². The second-order valence-corrected chi connectivity index (χ2v) is 7.45. The Balaban J connectivity index is 1.27. The van der Waals surface area contributed by atoms with Crippen molar-refractivity contribution < 1.29 is 9.59 Å². The van der Waals surface area contributed by atoms with Gasteiger partial charge in [-0.15, -0.1) is 0 Å². The Kier molecular flexibility index (Phi) is 8.07. The number of hydrogen-bond donors (Lipinski definition) is 3. The van der Waals surface area contributed by atoms with Crippen LogP contribution in [0.1, 0.15) is 24.8 Å². The number of nitrogens with one attached hydrogen (secondary N) is 3. The first kappa shape index (κ1) is 20.9. The third kappa shape index (κ3) is 7.58. The molecule has 0 atom stereocenters. The summed E-state index contributed by atoms with van der Waals surface area (Å²) in [6, 6.07) is 19.7. The second-order valence-electron chi connectivity index (χ2n) is 7.45. The van der Waals surface area contributed by atoms with Crippen LogP contribution in [0.25, 0.3) is 0 Å². The minimum Gasteiger partial charge on any atom is -0.355 e. The van der Waals surface area contributed by atoms with Gasteiger partial charge in [0.15, 0.2) is 0 Å². The Bertz CT molecular complexity index is 759. The summed E-state index contributed by atoms with van der Waals surface area (Å²) in [5, 5.41) is 8.88. The van der Waals surface area contributed by atoms with Crippen LogP contribution in [0.15, 0.2) is 60.7 Å². The molecule has 1 aliphatic heterocycles. The quantitative estimate of drug-likeness (QED) is 0.603. The molecule has 1 aliphatic rings. The van der Waals surface area contributed by atoms with E-state index in [9.17, 15) is 9.59 Å². The number of carbonyl (C=O) groups excluding carboxylic acids is 2. The lowest BCUT2D eigenvalue weighted by molar-refractivity contribution is -0.122. The molecule has 2 aromatic carbocycles. The molecule has 0 radical (unpaired) electrons. The lowest BCUT2D eigenvalue weighted by atomic mass is 10.1. The average molecular weight is 395 g/mol. The molecule has 3 N–H and O–H groups in total. The number of nitrogens with zero attached hydrogens (tertiary/aromatic N) is 1. The number of benzene rings is 2. The summed E-state index contributed by atoms with van der Waals surface area (Å²) in [4.78, 5) is 26.4. The highest BCUT2D eigenvalue weighted by Gasteiger charge is 2.22. The summed E-state index contributed by atoms with van der Waals surface area (Å²) in [5.41, 5.74) is 2.08. The van der Waals surface area contributed by atoms with E-state index in [4.69, 9.17) is 0 Å². The third-order valence-corrected chi connectivity index (χ3v) is 5.13. The van der Waals surface area contributed by atoms with Crippen LogP contribution in [-0.4, -0.2) is 49.1 Å². The number of piperidine rings is 1. The summed E-state index contributed by atoms with van der Waals surface area (Å²) >= 11 is 0. The minimum absolute atomic E-state index is 0.0753. The first-order valence-corrected chi connectivity index (χ1v) is 10.3.